The number of H-pyrrole nitrogens is 1. The Morgan fingerprint density at radius 1 is 1.04 bits per heavy atom. The molecule has 2 heterocycles. The maximum atomic E-state index is 12.5. The van der Waals surface area contributed by atoms with Gasteiger partial charge in [-0.1, -0.05) is 23.7 Å². The van der Waals surface area contributed by atoms with Crippen molar-refractivity contribution in [3.8, 4) is 11.1 Å². The monoisotopic (exact) mass is 367 g/mol. The van der Waals surface area contributed by atoms with Crippen LogP contribution in [0.2, 0.25) is 5.02 Å². The Morgan fingerprint density at radius 2 is 1.73 bits per heavy atom. The zero-order valence-corrected chi connectivity index (χ0v) is 14.8. The van der Waals surface area contributed by atoms with Gasteiger partial charge in [0.1, 0.15) is 5.69 Å². The van der Waals surface area contributed by atoms with Crippen molar-refractivity contribution >= 4 is 34.3 Å². The molecule has 2 amide bonds. The van der Waals surface area contributed by atoms with Gasteiger partial charge in [0.25, 0.3) is 11.8 Å². The molecule has 26 heavy (non-hydrogen) atoms. The zero-order valence-electron chi connectivity index (χ0n) is 14.1. The second-order valence-corrected chi connectivity index (χ2v) is 6.94. The van der Waals surface area contributed by atoms with Crippen LogP contribution in [0.15, 0.2) is 42.5 Å². The third-order valence-electron chi connectivity index (χ3n) is 4.82. The summed E-state index contributed by atoms with van der Waals surface area (Å²) in [5, 5.41) is 1.40. The number of hydrogen-bond donors (Lipinski definition) is 2. The summed E-state index contributed by atoms with van der Waals surface area (Å²) < 4.78 is 0. The average molecular weight is 368 g/mol. The zero-order chi connectivity index (χ0) is 18.3. The SMILES string of the molecule is NC(=O)c1[nH]c2ccc(Cl)cc2c1-c1ccc(C(=O)N2CCCC2)cc1. The summed E-state index contributed by atoms with van der Waals surface area (Å²) >= 11 is 6.13. The number of rotatable bonds is 3. The van der Waals surface area contributed by atoms with Crippen molar-refractivity contribution in [3.05, 3.63) is 58.7 Å². The predicted octanol–water partition coefficient (Wildman–Crippen LogP) is 3.82. The van der Waals surface area contributed by atoms with E-state index in [2.05, 4.69) is 4.98 Å². The highest BCUT2D eigenvalue weighted by molar-refractivity contribution is 6.31. The molecule has 4 rings (SSSR count). The van der Waals surface area contributed by atoms with E-state index < -0.39 is 5.91 Å². The van der Waals surface area contributed by atoms with Crippen LogP contribution in [0.4, 0.5) is 0 Å². The van der Waals surface area contributed by atoms with Crippen molar-refractivity contribution in [2.75, 3.05) is 13.1 Å². The number of nitrogens with zero attached hydrogens (tertiary/aromatic N) is 1. The molecular formula is C20H18ClN3O2. The van der Waals surface area contributed by atoms with Crippen molar-refractivity contribution in [2.24, 2.45) is 5.73 Å². The Kier molecular flexibility index (Phi) is 4.17. The molecule has 0 atom stereocenters. The molecule has 0 radical (unpaired) electrons. The van der Waals surface area contributed by atoms with Gasteiger partial charge in [0, 0.05) is 40.1 Å². The van der Waals surface area contributed by atoms with Gasteiger partial charge in [-0.2, -0.15) is 0 Å². The van der Waals surface area contributed by atoms with Crippen LogP contribution in [-0.2, 0) is 0 Å². The van der Waals surface area contributed by atoms with Crippen LogP contribution in [0, 0.1) is 0 Å². The number of fused-ring (bicyclic) bond motifs is 1. The van der Waals surface area contributed by atoms with E-state index in [0.29, 0.717) is 21.8 Å². The topological polar surface area (TPSA) is 79.2 Å². The van der Waals surface area contributed by atoms with Crippen LogP contribution in [0.3, 0.4) is 0 Å². The Hall–Kier alpha value is -2.79. The lowest BCUT2D eigenvalue weighted by Crippen LogP contribution is -2.27. The van der Waals surface area contributed by atoms with E-state index in [1.54, 1.807) is 24.3 Å². The third kappa shape index (κ3) is 2.84. The Balaban J connectivity index is 1.77. The van der Waals surface area contributed by atoms with E-state index in [4.69, 9.17) is 17.3 Å². The molecule has 1 fully saturated rings. The summed E-state index contributed by atoms with van der Waals surface area (Å²) in [5.41, 5.74) is 8.83. The van der Waals surface area contributed by atoms with E-state index in [-0.39, 0.29) is 5.91 Å². The van der Waals surface area contributed by atoms with Gasteiger partial charge in [0.2, 0.25) is 0 Å². The third-order valence-corrected chi connectivity index (χ3v) is 5.06. The predicted molar refractivity (Wildman–Crippen MR) is 102 cm³/mol. The lowest BCUT2D eigenvalue weighted by atomic mass is 10.00. The number of nitrogens with one attached hydrogen (secondary N) is 1. The van der Waals surface area contributed by atoms with Gasteiger partial charge in [-0.15, -0.1) is 0 Å². The van der Waals surface area contributed by atoms with E-state index in [1.165, 1.54) is 0 Å². The van der Waals surface area contributed by atoms with Crippen molar-refractivity contribution in [1.82, 2.24) is 9.88 Å². The first-order valence-corrected chi connectivity index (χ1v) is 8.93. The van der Waals surface area contributed by atoms with Crippen LogP contribution in [-0.4, -0.2) is 34.8 Å². The molecule has 6 heteroatoms. The Morgan fingerprint density at radius 3 is 2.38 bits per heavy atom. The van der Waals surface area contributed by atoms with E-state index in [1.807, 2.05) is 23.1 Å². The number of halogens is 1. The number of carbonyl (C=O) groups excluding carboxylic acids is 2. The maximum absolute atomic E-state index is 12.5. The minimum absolute atomic E-state index is 0.0474. The highest BCUT2D eigenvalue weighted by atomic mass is 35.5. The smallest absolute Gasteiger partial charge is 0.265 e. The number of aromatic nitrogens is 1. The minimum atomic E-state index is -0.537. The summed E-state index contributed by atoms with van der Waals surface area (Å²) in [6, 6.07) is 12.7. The fourth-order valence-corrected chi connectivity index (χ4v) is 3.70. The van der Waals surface area contributed by atoms with Crippen LogP contribution >= 0.6 is 11.6 Å². The maximum Gasteiger partial charge on any atom is 0.265 e. The van der Waals surface area contributed by atoms with E-state index in [9.17, 15) is 9.59 Å². The van der Waals surface area contributed by atoms with Gasteiger partial charge in [-0.25, -0.2) is 0 Å². The number of primary amides is 1. The molecule has 5 nitrogen and oxygen atoms in total. The van der Waals surface area contributed by atoms with Crippen molar-refractivity contribution < 1.29 is 9.59 Å². The van der Waals surface area contributed by atoms with Gasteiger partial charge >= 0.3 is 0 Å². The standard InChI is InChI=1S/C20H18ClN3O2/c21-14-7-8-16-15(11-14)17(18(23-16)19(22)25)12-3-5-13(6-4-12)20(26)24-9-1-2-10-24/h3-8,11,23H,1-2,9-10H2,(H2,22,25). The number of nitrogens with two attached hydrogens (primary N) is 1. The molecule has 0 saturated carbocycles. The molecule has 0 unspecified atom stereocenters. The van der Waals surface area contributed by atoms with E-state index in [0.717, 1.165) is 42.4 Å². The van der Waals surface area contributed by atoms with Gasteiger partial charge in [0.15, 0.2) is 0 Å². The number of likely N-dealkylation sites (tertiary alicyclic amines) is 1. The van der Waals surface area contributed by atoms with E-state index >= 15 is 0 Å². The number of benzene rings is 2. The molecule has 3 N–H and O–H groups in total. The van der Waals surface area contributed by atoms with Crippen molar-refractivity contribution in [3.63, 3.8) is 0 Å². The molecule has 1 aliphatic rings. The van der Waals surface area contributed by atoms with Crippen molar-refractivity contribution in [1.29, 1.82) is 0 Å². The summed E-state index contributed by atoms with van der Waals surface area (Å²) in [7, 11) is 0. The minimum Gasteiger partial charge on any atom is -0.364 e. The molecule has 1 aromatic heterocycles. The second kappa shape index (κ2) is 6.50. The summed E-state index contributed by atoms with van der Waals surface area (Å²) in [5.74, 6) is -0.490. The Labute approximate surface area is 155 Å². The quantitative estimate of drug-likeness (QED) is 0.738. The van der Waals surface area contributed by atoms with Crippen LogP contribution in [0.25, 0.3) is 22.0 Å². The lowest BCUT2D eigenvalue weighted by molar-refractivity contribution is 0.0792. The highest BCUT2D eigenvalue weighted by Crippen LogP contribution is 2.34. The molecule has 0 bridgehead atoms. The van der Waals surface area contributed by atoms with Gasteiger partial charge in [0.05, 0.1) is 0 Å². The van der Waals surface area contributed by atoms with Crippen LogP contribution < -0.4 is 5.73 Å². The van der Waals surface area contributed by atoms with Gasteiger partial charge in [-0.3, -0.25) is 9.59 Å². The normalized spacial score (nSPS) is 14.1. The average Bonchev–Trinajstić information content (AvgIpc) is 3.29. The number of aromatic amines is 1. The fourth-order valence-electron chi connectivity index (χ4n) is 3.53. The molecule has 1 saturated heterocycles. The molecule has 3 aromatic rings. The van der Waals surface area contributed by atoms with Gasteiger partial charge < -0.3 is 15.6 Å². The molecule has 132 valence electrons. The van der Waals surface area contributed by atoms with Gasteiger partial charge in [-0.05, 0) is 48.7 Å². The number of hydrogen-bond acceptors (Lipinski definition) is 2. The van der Waals surface area contributed by atoms with Crippen LogP contribution in [0.1, 0.15) is 33.7 Å². The summed E-state index contributed by atoms with van der Waals surface area (Å²) in [6.07, 6.45) is 2.11. The van der Waals surface area contributed by atoms with Crippen LogP contribution in [0.5, 0.6) is 0 Å². The summed E-state index contributed by atoms with van der Waals surface area (Å²) in [4.78, 5) is 29.3. The molecule has 2 aromatic carbocycles. The second-order valence-electron chi connectivity index (χ2n) is 6.51. The largest absolute Gasteiger partial charge is 0.364 e. The molecule has 0 spiro atoms. The van der Waals surface area contributed by atoms with Crippen molar-refractivity contribution in [2.45, 2.75) is 12.8 Å². The molecule has 0 aliphatic carbocycles. The first kappa shape index (κ1) is 16.7. The molecule has 1 aliphatic heterocycles. The summed E-state index contributed by atoms with van der Waals surface area (Å²) in [6.45, 7) is 1.63. The number of amides is 2. The first-order valence-electron chi connectivity index (χ1n) is 8.55. The lowest BCUT2D eigenvalue weighted by Gasteiger charge is -2.15. The Bertz CT molecular complexity index is 1000. The highest BCUT2D eigenvalue weighted by Gasteiger charge is 2.21. The number of carbonyl (C=O) groups is 2. The first-order chi connectivity index (χ1) is 12.5. The molecular weight excluding hydrogens is 350 g/mol. The fraction of sp³-hybridized carbons (Fsp3) is 0.200.